The lowest BCUT2D eigenvalue weighted by Crippen LogP contribution is -2.26. The highest BCUT2D eigenvalue weighted by Crippen LogP contribution is 1.95. The summed E-state index contributed by atoms with van der Waals surface area (Å²) >= 11 is 0. The molecular weight excluding hydrogens is 158 g/mol. The number of carboxylic acids is 1. The van der Waals surface area contributed by atoms with Crippen LogP contribution in [0.25, 0.3) is 0 Å². The van der Waals surface area contributed by atoms with Gasteiger partial charge in [0, 0.05) is 20.0 Å². The van der Waals surface area contributed by atoms with E-state index in [9.17, 15) is 9.59 Å². The summed E-state index contributed by atoms with van der Waals surface area (Å²) in [5.41, 5.74) is 0. The van der Waals surface area contributed by atoms with Crippen LogP contribution >= 0.6 is 0 Å². The Bertz CT molecular complexity index is 189. The molecule has 0 aromatic carbocycles. The van der Waals surface area contributed by atoms with Gasteiger partial charge in [-0.2, -0.15) is 0 Å². The van der Waals surface area contributed by atoms with Crippen molar-refractivity contribution in [2.45, 2.75) is 12.8 Å². The zero-order valence-corrected chi connectivity index (χ0v) is 7.12. The molecule has 0 atom stereocenters. The van der Waals surface area contributed by atoms with Gasteiger partial charge in [0.05, 0.1) is 6.42 Å². The highest BCUT2D eigenvalue weighted by atomic mass is 16.4. The quantitative estimate of drug-likeness (QED) is 0.612. The maximum atomic E-state index is 11.1. The van der Waals surface area contributed by atoms with Gasteiger partial charge >= 0.3 is 5.97 Å². The Morgan fingerprint density at radius 2 is 2.08 bits per heavy atom. The van der Waals surface area contributed by atoms with Gasteiger partial charge in [0.2, 0.25) is 5.91 Å². The molecule has 0 unspecified atom stereocenters. The number of hydrogen-bond acceptors (Lipinski definition) is 2. The molecule has 1 amide bonds. The van der Waals surface area contributed by atoms with Gasteiger partial charge in [-0.05, 0) is 0 Å². The van der Waals surface area contributed by atoms with Gasteiger partial charge in [-0.1, -0.05) is 6.08 Å². The van der Waals surface area contributed by atoms with E-state index in [-0.39, 0.29) is 18.7 Å². The molecule has 0 radical (unpaired) electrons. The molecule has 0 fully saturated rings. The molecule has 0 heterocycles. The van der Waals surface area contributed by atoms with Crippen LogP contribution in [0.5, 0.6) is 0 Å². The molecular formula is C8H13NO3. The summed E-state index contributed by atoms with van der Waals surface area (Å²) in [6.45, 7) is 3.92. The standard InChI is InChI=1S/C8H13NO3/c1-3-6-9(2)7(10)4-5-8(11)12/h3H,1,4-6H2,2H3,(H,11,12). The molecule has 0 spiro atoms. The van der Waals surface area contributed by atoms with Crippen LogP contribution in [-0.4, -0.2) is 35.5 Å². The molecule has 0 aromatic rings. The topological polar surface area (TPSA) is 57.6 Å². The van der Waals surface area contributed by atoms with E-state index in [0.29, 0.717) is 6.54 Å². The minimum absolute atomic E-state index is 0.0552. The summed E-state index contributed by atoms with van der Waals surface area (Å²) in [7, 11) is 1.62. The van der Waals surface area contributed by atoms with E-state index < -0.39 is 5.97 Å². The van der Waals surface area contributed by atoms with Crippen molar-refractivity contribution >= 4 is 11.9 Å². The molecule has 0 saturated heterocycles. The fourth-order valence-electron chi connectivity index (χ4n) is 0.700. The Kier molecular flexibility index (Phi) is 4.76. The molecule has 4 heteroatoms. The minimum atomic E-state index is -0.949. The first-order chi connectivity index (χ1) is 5.57. The van der Waals surface area contributed by atoms with Crippen molar-refractivity contribution in [3.63, 3.8) is 0 Å². The van der Waals surface area contributed by atoms with E-state index in [1.165, 1.54) is 4.90 Å². The van der Waals surface area contributed by atoms with Gasteiger partial charge < -0.3 is 10.0 Å². The third kappa shape index (κ3) is 4.49. The van der Waals surface area contributed by atoms with Crippen LogP contribution < -0.4 is 0 Å². The minimum Gasteiger partial charge on any atom is -0.481 e. The lowest BCUT2D eigenvalue weighted by molar-refractivity contribution is -0.140. The van der Waals surface area contributed by atoms with Gasteiger partial charge in [0.1, 0.15) is 0 Å². The molecule has 0 rings (SSSR count). The van der Waals surface area contributed by atoms with E-state index in [4.69, 9.17) is 5.11 Å². The molecule has 0 aliphatic heterocycles. The summed E-state index contributed by atoms with van der Waals surface area (Å²) in [5.74, 6) is -1.12. The van der Waals surface area contributed by atoms with Crippen molar-refractivity contribution < 1.29 is 14.7 Å². The lowest BCUT2D eigenvalue weighted by atomic mass is 10.3. The molecule has 0 bridgehead atoms. The molecule has 0 aliphatic carbocycles. The number of rotatable bonds is 5. The van der Waals surface area contributed by atoms with Crippen LogP contribution in [0.2, 0.25) is 0 Å². The second kappa shape index (κ2) is 5.35. The number of nitrogens with zero attached hydrogens (tertiary/aromatic N) is 1. The van der Waals surface area contributed by atoms with Crippen LogP contribution in [0.3, 0.4) is 0 Å². The molecule has 1 N–H and O–H groups in total. The van der Waals surface area contributed by atoms with Crippen LogP contribution in [0.1, 0.15) is 12.8 Å². The number of carboxylic acid groups (broad SMARTS) is 1. The summed E-state index contributed by atoms with van der Waals surface area (Å²) in [6, 6.07) is 0. The molecule has 0 saturated carbocycles. The maximum Gasteiger partial charge on any atom is 0.303 e. The fraction of sp³-hybridized carbons (Fsp3) is 0.500. The first kappa shape index (κ1) is 10.7. The maximum absolute atomic E-state index is 11.1. The normalized spacial score (nSPS) is 9.08. The molecule has 0 aromatic heterocycles. The smallest absolute Gasteiger partial charge is 0.303 e. The first-order valence-electron chi connectivity index (χ1n) is 3.64. The number of carbonyl (C=O) groups is 2. The molecule has 12 heavy (non-hydrogen) atoms. The summed E-state index contributed by atoms with van der Waals surface area (Å²) in [5, 5.41) is 8.28. The van der Waals surface area contributed by atoms with E-state index >= 15 is 0 Å². The van der Waals surface area contributed by atoms with Crippen molar-refractivity contribution in [3.8, 4) is 0 Å². The monoisotopic (exact) mass is 171 g/mol. The average molecular weight is 171 g/mol. The zero-order valence-electron chi connectivity index (χ0n) is 7.12. The summed E-state index contributed by atoms with van der Waals surface area (Å²) in [6.07, 6.45) is 1.54. The number of hydrogen-bond donors (Lipinski definition) is 1. The molecule has 68 valence electrons. The SMILES string of the molecule is C=CCN(C)C(=O)CCC(=O)O. The van der Waals surface area contributed by atoms with Crippen molar-refractivity contribution in [2.75, 3.05) is 13.6 Å². The third-order valence-corrected chi connectivity index (χ3v) is 1.38. The third-order valence-electron chi connectivity index (χ3n) is 1.38. The predicted octanol–water partition coefficient (Wildman–Crippen LogP) is 0.496. The van der Waals surface area contributed by atoms with Gasteiger partial charge in [0.15, 0.2) is 0 Å². The van der Waals surface area contributed by atoms with Crippen LogP contribution in [0.4, 0.5) is 0 Å². The highest BCUT2D eigenvalue weighted by Gasteiger charge is 2.08. The Morgan fingerprint density at radius 3 is 2.50 bits per heavy atom. The van der Waals surface area contributed by atoms with Crippen LogP contribution in [0, 0.1) is 0 Å². The second-order valence-electron chi connectivity index (χ2n) is 2.46. The summed E-state index contributed by atoms with van der Waals surface area (Å²) in [4.78, 5) is 22.6. The second-order valence-corrected chi connectivity index (χ2v) is 2.46. The van der Waals surface area contributed by atoms with E-state index in [1.54, 1.807) is 13.1 Å². The zero-order chi connectivity index (χ0) is 9.56. The number of carbonyl (C=O) groups excluding carboxylic acids is 1. The van der Waals surface area contributed by atoms with Gasteiger partial charge in [-0.3, -0.25) is 9.59 Å². The lowest BCUT2D eigenvalue weighted by Gasteiger charge is -2.13. The van der Waals surface area contributed by atoms with Crippen molar-refractivity contribution in [1.82, 2.24) is 4.90 Å². The van der Waals surface area contributed by atoms with Gasteiger partial charge in [-0.25, -0.2) is 0 Å². The Balaban J connectivity index is 3.71. The molecule has 0 aliphatic rings. The van der Waals surface area contributed by atoms with Crippen molar-refractivity contribution in [3.05, 3.63) is 12.7 Å². The largest absolute Gasteiger partial charge is 0.481 e. The van der Waals surface area contributed by atoms with Crippen molar-refractivity contribution in [2.24, 2.45) is 0 Å². The van der Waals surface area contributed by atoms with E-state index in [1.807, 2.05) is 0 Å². The fourth-order valence-corrected chi connectivity index (χ4v) is 0.700. The Morgan fingerprint density at radius 1 is 1.50 bits per heavy atom. The number of likely N-dealkylation sites (N-methyl/N-ethyl adjacent to an activating group) is 1. The Hall–Kier alpha value is -1.32. The van der Waals surface area contributed by atoms with E-state index in [2.05, 4.69) is 6.58 Å². The number of aliphatic carboxylic acids is 1. The predicted molar refractivity (Wildman–Crippen MR) is 44.7 cm³/mol. The van der Waals surface area contributed by atoms with Gasteiger partial charge in [0.25, 0.3) is 0 Å². The highest BCUT2D eigenvalue weighted by molar-refractivity contribution is 5.80. The summed E-state index contributed by atoms with van der Waals surface area (Å²) < 4.78 is 0. The van der Waals surface area contributed by atoms with Crippen LogP contribution in [0.15, 0.2) is 12.7 Å². The van der Waals surface area contributed by atoms with Crippen molar-refractivity contribution in [1.29, 1.82) is 0 Å². The van der Waals surface area contributed by atoms with Gasteiger partial charge in [-0.15, -0.1) is 6.58 Å². The van der Waals surface area contributed by atoms with Crippen LogP contribution in [-0.2, 0) is 9.59 Å². The Labute approximate surface area is 71.5 Å². The average Bonchev–Trinajstić information content (AvgIpc) is 2.00. The first-order valence-corrected chi connectivity index (χ1v) is 3.64. The number of amides is 1. The molecule has 4 nitrogen and oxygen atoms in total. The van der Waals surface area contributed by atoms with E-state index in [0.717, 1.165) is 0 Å².